The first kappa shape index (κ1) is 19.9. The van der Waals surface area contributed by atoms with E-state index in [4.69, 9.17) is 0 Å². The van der Waals surface area contributed by atoms with Crippen molar-refractivity contribution in [3.8, 4) is 0 Å². The highest BCUT2D eigenvalue weighted by Gasteiger charge is 2.17. The molecule has 1 saturated carbocycles. The molecule has 6 nitrogen and oxygen atoms in total. The number of benzene rings is 1. The zero-order valence-electron chi connectivity index (χ0n) is 15.1. The number of amides is 1. The highest BCUT2D eigenvalue weighted by atomic mass is 32.2. The molecule has 1 aliphatic carbocycles. The van der Waals surface area contributed by atoms with Crippen LogP contribution in [-0.2, 0) is 10.0 Å². The van der Waals surface area contributed by atoms with Crippen LogP contribution in [0, 0.1) is 0 Å². The molecule has 0 atom stereocenters. The molecule has 1 fully saturated rings. The van der Waals surface area contributed by atoms with E-state index in [2.05, 4.69) is 10.0 Å². The maximum Gasteiger partial charge on any atom is 0.253 e. The second kappa shape index (κ2) is 9.31. The van der Waals surface area contributed by atoms with Gasteiger partial charge in [-0.2, -0.15) is 0 Å². The van der Waals surface area contributed by atoms with Crippen LogP contribution in [0.15, 0.2) is 29.2 Å². The molecule has 140 valence electrons. The lowest BCUT2D eigenvalue weighted by Crippen LogP contribution is -2.36. The van der Waals surface area contributed by atoms with Gasteiger partial charge in [-0.1, -0.05) is 31.7 Å². The Kier molecular flexibility index (Phi) is 7.40. The zero-order valence-corrected chi connectivity index (χ0v) is 15.9. The molecule has 0 heterocycles. The van der Waals surface area contributed by atoms with Gasteiger partial charge >= 0.3 is 0 Å². The number of hydrogen-bond acceptors (Lipinski definition) is 4. The van der Waals surface area contributed by atoms with Crippen molar-refractivity contribution < 1.29 is 13.2 Å². The summed E-state index contributed by atoms with van der Waals surface area (Å²) >= 11 is 0. The molecule has 0 unspecified atom stereocenters. The van der Waals surface area contributed by atoms with Gasteiger partial charge in [-0.15, -0.1) is 0 Å². The quantitative estimate of drug-likeness (QED) is 0.571. The predicted molar refractivity (Wildman–Crippen MR) is 99.1 cm³/mol. The third kappa shape index (κ3) is 6.09. The second-order valence-electron chi connectivity index (χ2n) is 6.77. The Morgan fingerprint density at radius 2 is 1.80 bits per heavy atom. The Morgan fingerprint density at radius 1 is 1.12 bits per heavy atom. The molecule has 0 radical (unpaired) electrons. The topological polar surface area (TPSA) is 78.5 Å². The van der Waals surface area contributed by atoms with Gasteiger partial charge in [-0.3, -0.25) is 4.79 Å². The van der Waals surface area contributed by atoms with Crippen LogP contribution in [0.3, 0.4) is 0 Å². The predicted octanol–water partition coefficient (Wildman–Crippen LogP) is 1.98. The van der Waals surface area contributed by atoms with Gasteiger partial charge in [-0.05, 0) is 31.0 Å². The second-order valence-corrected chi connectivity index (χ2v) is 8.53. The number of sulfonamides is 1. The van der Waals surface area contributed by atoms with Gasteiger partial charge in [0.15, 0.2) is 0 Å². The standard InChI is InChI=1S/C18H29N3O3S/c1-21(2)18(22)15-8-7-11-17(14-15)25(23,24)20-13-12-19-16-9-5-3-4-6-10-16/h7-8,11,14,16,19-20H,3-6,9-10,12-13H2,1-2H3. The third-order valence-corrected chi connectivity index (χ3v) is 5.96. The third-order valence-electron chi connectivity index (χ3n) is 4.50. The molecular weight excluding hydrogens is 338 g/mol. The van der Waals surface area contributed by atoms with Crippen LogP contribution in [0.2, 0.25) is 0 Å². The van der Waals surface area contributed by atoms with Crippen molar-refractivity contribution in [3.63, 3.8) is 0 Å². The summed E-state index contributed by atoms with van der Waals surface area (Å²) in [6.07, 6.45) is 7.43. The fourth-order valence-corrected chi connectivity index (χ4v) is 4.16. The minimum atomic E-state index is -3.61. The van der Waals surface area contributed by atoms with Gasteiger partial charge < -0.3 is 10.2 Å². The maximum absolute atomic E-state index is 12.4. The number of nitrogens with zero attached hydrogens (tertiary/aromatic N) is 1. The van der Waals surface area contributed by atoms with E-state index in [0.717, 1.165) is 0 Å². The first-order valence-corrected chi connectivity index (χ1v) is 10.4. The molecule has 1 amide bonds. The largest absolute Gasteiger partial charge is 0.345 e. The Morgan fingerprint density at radius 3 is 2.44 bits per heavy atom. The fourth-order valence-electron chi connectivity index (χ4n) is 3.08. The molecule has 1 aromatic carbocycles. The van der Waals surface area contributed by atoms with Gasteiger partial charge in [0.25, 0.3) is 5.91 Å². The molecule has 25 heavy (non-hydrogen) atoms. The lowest BCUT2D eigenvalue weighted by Gasteiger charge is -2.16. The van der Waals surface area contributed by atoms with Crippen molar-refractivity contribution in [2.75, 3.05) is 27.2 Å². The van der Waals surface area contributed by atoms with Gasteiger partial charge in [0.1, 0.15) is 0 Å². The molecule has 0 aromatic heterocycles. The smallest absolute Gasteiger partial charge is 0.253 e. The average Bonchev–Trinajstić information content (AvgIpc) is 2.87. The van der Waals surface area contributed by atoms with Gasteiger partial charge in [0, 0.05) is 38.8 Å². The molecule has 7 heteroatoms. The van der Waals surface area contributed by atoms with Crippen LogP contribution in [-0.4, -0.2) is 52.5 Å². The maximum atomic E-state index is 12.4. The summed E-state index contributed by atoms with van der Waals surface area (Å²) in [5.41, 5.74) is 0.365. The minimum Gasteiger partial charge on any atom is -0.345 e. The summed E-state index contributed by atoms with van der Waals surface area (Å²) in [7, 11) is -0.333. The van der Waals surface area contributed by atoms with Crippen LogP contribution in [0.4, 0.5) is 0 Å². The van der Waals surface area contributed by atoms with E-state index < -0.39 is 10.0 Å². The first-order valence-electron chi connectivity index (χ1n) is 8.95. The van der Waals surface area contributed by atoms with Crippen molar-refractivity contribution in [1.29, 1.82) is 0 Å². The van der Waals surface area contributed by atoms with E-state index in [1.807, 2.05) is 0 Å². The van der Waals surface area contributed by atoms with Crippen LogP contribution >= 0.6 is 0 Å². The van der Waals surface area contributed by atoms with Crippen LogP contribution in [0.1, 0.15) is 48.9 Å². The van der Waals surface area contributed by atoms with Crippen molar-refractivity contribution in [2.45, 2.75) is 49.5 Å². The van der Waals surface area contributed by atoms with Crippen LogP contribution < -0.4 is 10.0 Å². The van der Waals surface area contributed by atoms with Crippen molar-refractivity contribution >= 4 is 15.9 Å². The van der Waals surface area contributed by atoms with E-state index in [1.54, 1.807) is 26.2 Å². The normalized spacial score (nSPS) is 16.4. The zero-order chi connectivity index (χ0) is 18.3. The van der Waals surface area contributed by atoms with Crippen molar-refractivity contribution in [1.82, 2.24) is 14.9 Å². The van der Waals surface area contributed by atoms with Crippen molar-refractivity contribution in [3.05, 3.63) is 29.8 Å². The molecule has 0 spiro atoms. The van der Waals surface area contributed by atoms with E-state index in [9.17, 15) is 13.2 Å². The Balaban J connectivity index is 1.88. The van der Waals surface area contributed by atoms with Gasteiger partial charge in [0.2, 0.25) is 10.0 Å². The van der Waals surface area contributed by atoms with Crippen LogP contribution in [0.25, 0.3) is 0 Å². The molecule has 0 saturated heterocycles. The van der Waals surface area contributed by atoms with E-state index in [-0.39, 0.29) is 10.8 Å². The molecule has 2 rings (SSSR count). The number of carbonyl (C=O) groups is 1. The van der Waals surface area contributed by atoms with E-state index >= 15 is 0 Å². The van der Waals surface area contributed by atoms with Crippen molar-refractivity contribution in [2.24, 2.45) is 0 Å². The van der Waals surface area contributed by atoms with E-state index in [0.29, 0.717) is 24.7 Å². The summed E-state index contributed by atoms with van der Waals surface area (Å²) in [6.45, 7) is 0.949. The number of rotatable bonds is 7. The van der Waals surface area contributed by atoms with Gasteiger partial charge in [0.05, 0.1) is 4.90 Å². The SMILES string of the molecule is CN(C)C(=O)c1cccc(S(=O)(=O)NCCNC2CCCCCC2)c1. The lowest BCUT2D eigenvalue weighted by molar-refractivity contribution is 0.0827. The molecular formula is C18H29N3O3S. The molecule has 0 bridgehead atoms. The molecule has 1 aliphatic rings. The van der Waals surface area contributed by atoms with Gasteiger partial charge in [-0.25, -0.2) is 13.1 Å². The highest BCUT2D eigenvalue weighted by Crippen LogP contribution is 2.17. The van der Waals surface area contributed by atoms with E-state index in [1.165, 1.54) is 55.6 Å². The lowest BCUT2D eigenvalue weighted by atomic mass is 10.1. The monoisotopic (exact) mass is 367 g/mol. The number of hydrogen-bond donors (Lipinski definition) is 2. The number of nitrogens with one attached hydrogen (secondary N) is 2. The van der Waals surface area contributed by atoms with Crippen LogP contribution in [0.5, 0.6) is 0 Å². The average molecular weight is 368 g/mol. The summed E-state index contributed by atoms with van der Waals surface area (Å²) in [4.78, 5) is 13.5. The molecule has 0 aliphatic heterocycles. The summed E-state index contributed by atoms with van der Waals surface area (Å²) in [6, 6.07) is 6.63. The summed E-state index contributed by atoms with van der Waals surface area (Å²) in [5, 5.41) is 3.44. The molecule has 2 N–H and O–H groups in total. The number of carbonyl (C=O) groups excluding carboxylic acids is 1. The first-order chi connectivity index (χ1) is 11.9. The Bertz CT molecular complexity index is 666. The molecule has 1 aromatic rings. The minimum absolute atomic E-state index is 0.120. The summed E-state index contributed by atoms with van der Waals surface area (Å²) < 4.78 is 27.4. The Labute approximate surface area is 151 Å². The Hall–Kier alpha value is -1.44. The summed E-state index contributed by atoms with van der Waals surface area (Å²) in [5.74, 6) is -0.216. The highest BCUT2D eigenvalue weighted by molar-refractivity contribution is 7.89. The fraction of sp³-hybridized carbons (Fsp3) is 0.611.